The molecule has 6 rings (SSSR count). The largest absolute Gasteiger partial charge is 0.497 e. The number of benzene rings is 3. The normalized spacial score (nSPS) is 15.0. The number of aromatic nitrogens is 4. The molecule has 1 saturated heterocycles. The number of ether oxygens (including phenoxy) is 2. The molecule has 3 heterocycles. The van der Waals surface area contributed by atoms with Crippen LogP contribution in [0, 0.1) is 0 Å². The van der Waals surface area contributed by atoms with E-state index in [1.807, 2.05) is 42.4 Å². The minimum Gasteiger partial charge on any atom is -0.497 e. The molecule has 0 atom stereocenters. The van der Waals surface area contributed by atoms with Crippen molar-refractivity contribution in [3.8, 4) is 28.3 Å². The van der Waals surface area contributed by atoms with Crippen molar-refractivity contribution in [2.75, 3.05) is 32.2 Å². The summed E-state index contributed by atoms with van der Waals surface area (Å²) in [7, 11) is 6.47. The summed E-state index contributed by atoms with van der Waals surface area (Å²) in [6.07, 6.45) is -2.77. The fourth-order valence-electron chi connectivity index (χ4n) is 6.23. The Morgan fingerprint density at radius 2 is 1.57 bits per heavy atom. The van der Waals surface area contributed by atoms with E-state index in [1.165, 1.54) is 20.3 Å². The van der Waals surface area contributed by atoms with Crippen LogP contribution in [0.3, 0.4) is 0 Å². The van der Waals surface area contributed by atoms with Crippen molar-refractivity contribution in [3.05, 3.63) is 64.3 Å². The highest BCUT2D eigenvalue weighted by atomic mass is 19.3. The smallest absolute Gasteiger partial charge is 0.328 e. The number of hydrogen-bond acceptors (Lipinski definition) is 6. The lowest BCUT2D eigenvalue weighted by Crippen LogP contribution is -2.60. The van der Waals surface area contributed by atoms with E-state index in [4.69, 9.17) is 14.5 Å². The van der Waals surface area contributed by atoms with Crippen LogP contribution in [-0.4, -0.2) is 56.7 Å². The van der Waals surface area contributed by atoms with Gasteiger partial charge in [-0.15, -0.1) is 0 Å². The van der Waals surface area contributed by atoms with Gasteiger partial charge in [-0.3, -0.25) is 13.7 Å². The molecule has 11 heteroatoms. The molecule has 0 spiro atoms. The van der Waals surface area contributed by atoms with E-state index in [1.54, 1.807) is 54.4 Å². The van der Waals surface area contributed by atoms with Gasteiger partial charge >= 0.3 is 5.69 Å². The molecule has 0 bridgehead atoms. The second kappa shape index (κ2) is 10.1. The molecule has 9 nitrogen and oxygen atoms in total. The molecule has 1 fully saturated rings. The highest BCUT2D eigenvalue weighted by Crippen LogP contribution is 2.41. The van der Waals surface area contributed by atoms with Crippen LogP contribution >= 0.6 is 0 Å². The van der Waals surface area contributed by atoms with Crippen molar-refractivity contribution in [2.45, 2.75) is 45.1 Å². The maximum absolute atomic E-state index is 14.8. The number of imidazole rings is 2. The Morgan fingerprint density at radius 1 is 0.932 bits per heavy atom. The fraction of sp³-hybridized carbons (Fsp3) is 0.394. The van der Waals surface area contributed by atoms with Gasteiger partial charge in [0.15, 0.2) is 0 Å². The van der Waals surface area contributed by atoms with Crippen LogP contribution in [0.15, 0.2) is 47.3 Å². The minimum atomic E-state index is -2.77. The molecule has 0 saturated carbocycles. The summed E-state index contributed by atoms with van der Waals surface area (Å²) in [5.74, 6) is 1.65. The van der Waals surface area contributed by atoms with Gasteiger partial charge in [0.1, 0.15) is 17.3 Å². The highest BCUT2D eigenvalue weighted by Gasteiger charge is 2.38. The molecule has 232 valence electrons. The second-order valence-corrected chi connectivity index (χ2v) is 12.9. The summed E-state index contributed by atoms with van der Waals surface area (Å²) in [6, 6.07) is 12.2. The van der Waals surface area contributed by atoms with E-state index < -0.39 is 17.4 Å². The Morgan fingerprint density at radius 3 is 2.11 bits per heavy atom. The maximum atomic E-state index is 14.8. The van der Waals surface area contributed by atoms with Crippen LogP contribution in [0.1, 0.15) is 45.5 Å². The number of β-amino-alcohol motifs (C(OH)–C–C–N with tert-alkyl or cyclic N) is 1. The predicted molar refractivity (Wildman–Crippen MR) is 168 cm³/mol. The fourth-order valence-corrected chi connectivity index (χ4v) is 6.23. The lowest BCUT2D eigenvalue weighted by Gasteiger charge is -2.46. The lowest BCUT2D eigenvalue weighted by molar-refractivity contribution is 0.0312. The van der Waals surface area contributed by atoms with Gasteiger partial charge in [-0.1, -0.05) is 20.8 Å². The number of methoxy groups -OCH3 is 2. The van der Waals surface area contributed by atoms with Crippen molar-refractivity contribution in [3.63, 3.8) is 0 Å². The number of anilines is 1. The van der Waals surface area contributed by atoms with Gasteiger partial charge in [0.05, 0.1) is 53.3 Å². The van der Waals surface area contributed by atoms with E-state index in [2.05, 4.69) is 0 Å². The van der Waals surface area contributed by atoms with E-state index in [-0.39, 0.29) is 11.3 Å². The third-order valence-electron chi connectivity index (χ3n) is 8.38. The molecular formula is C33H37F2N5O4. The standard InChI is InChI=1S/C33H37F2N5O4/c1-32(2,3)30-36-24-14-22(18-9-20(43-7)13-21(10-18)44-8)23(29(34)35)15-25(24)40(30)19-11-26-28(38(6)31(41)37(26)5)27(12-19)39-16-33(4,42)17-39/h9-15,29,42H,16-17H2,1-8H3. The van der Waals surface area contributed by atoms with Crippen LogP contribution in [0.2, 0.25) is 0 Å². The summed E-state index contributed by atoms with van der Waals surface area (Å²) < 4.78 is 45.6. The van der Waals surface area contributed by atoms with Gasteiger partial charge in [-0.25, -0.2) is 18.6 Å². The monoisotopic (exact) mass is 605 g/mol. The summed E-state index contributed by atoms with van der Waals surface area (Å²) in [5, 5.41) is 10.5. The molecule has 3 aromatic carbocycles. The Kier molecular flexibility index (Phi) is 6.80. The van der Waals surface area contributed by atoms with E-state index in [0.29, 0.717) is 63.8 Å². The summed E-state index contributed by atoms with van der Waals surface area (Å²) in [6.45, 7) is 8.64. The van der Waals surface area contributed by atoms with Crippen LogP contribution in [0.4, 0.5) is 14.5 Å². The number of aryl methyl sites for hydroxylation is 2. The number of nitrogens with zero attached hydrogens (tertiary/aromatic N) is 5. The maximum Gasteiger partial charge on any atom is 0.328 e. The SMILES string of the molecule is COc1cc(OC)cc(-c2cc3nc(C(C)(C)C)n(-c4cc(N5CC(C)(O)C5)c5c(c4)n(C)c(=O)n5C)c3cc2C(F)F)c1. The summed E-state index contributed by atoms with van der Waals surface area (Å²) in [5.41, 5.74) is 3.16. The lowest BCUT2D eigenvalue weighted by atomic mass is 9.94. The molecular weight excluding hydrogens is 568 g/mol. The minimum absolute atomic E-state index is 0.151. The molecule has 0 radical (unpaired) electrons. The number of alkyl halides is 2. The van der Waals surface area contributed by atoms with Crippen molar-refractivity contribution >= 4 is 27.8 Å². The van der Waals surface area contributed by atoms with Crippen LogP contribution in [-0.2, 0) is 19.5 Å². The van der Waals surface area contributed by atoms with E-state index in [9.17, 15) is 18.7 Å². The van der Waals surface area contributed by atoms with Gasteiger partial charge in [0.2, 0.25) is 0 Å². The number of rotatable bonds is 6. The van der Waals surface area contributed by atoms with Gasteiger partial charge in [-0.2, -0.15) is 0 Å². The van der Waals surface area contributed by atoms with Gasteiger partial charge in [0, 0.05) is 44.2 Å². The third-order valence-corrected chi connectivity index (χ3v) is 8.38. The number of fused-ring (bicyclic) bond motifs is 2. The summed E-state index contributed by atoms with van der Waals surface area (Å²) in [4.78, 5) is 20.1. The molecule has 1 aliphatic heterocycles. The molecule has 0 unspecified atom stereocenters. The Bertz CT molecular complexity index is 1970. The first kappa shape index (κ1) is 29.7. The van der Waals surface area contributed by atoms with Crippen LogP contribution in [0.25, 0.3) is 38.9 Å². The first-order valence-electron chi connectivity index (χ1n) is 14.4. The van der Waals surface area contributed by atoms with Crippen LogP contribution < -0.4 is 20.1 Å². The number of aliphatic hydroxyl groups is 1. The first-order chi connectivity index (χ1) is 20.6. The summed E-state index contributed by atoms with van der Waals surface area (Å²) >= 11 is 0. The zero-order valence-electron chi connectivity index (χ0n) is 26.2. The zero-order valence-corrected chi connectivity index (χ0v) is 26.2. The molecule has 5 aromatic rings. The average molecular weight is 606 g/mol. The highest BCUT2D eigenvalue weighted by molar-refractivity contribution is 5.94. The molecule has 0 amide bonds. The Balaban J connectivity index is 1.67. The molecule has 44 heavy (non-hydrogen) atoms. The van der Waals surface area contributed by atoms with Gasteiger partial charge in [-0.05, 0) is 54.4 Å². The van der Waals surface area contributed by atoms with E-state index >= 15 is 0 Å². The molecule has 2 aromatic heterocycles. The van der Waals surface area contributed by atoms with Crippen molar-refractivity contribution in [2.24, 2.45) is 14.1 Å². The topological polar surface area (TPSA) is 86.7 Å². The van der Waals surface area contributed by atoms with Crippen molar-refractivity contribution in [1.29, 1.82) is 0 Å². The van der Waals surface area contributed by atoms with E-state index in [0.717, 1.165) is 11.2 Å². The molecule has 1 aliphatic rings. The molecule has 1 N–H and O–H groups in total. The van der Waals surface area contributed by atoms with Crippen LogP contribution in [0.5, 0.6) is 11.5 Å². The number of hydrogen-bond donors (Lipinski definition) is 1. The quantitative estimate of drug-likeness (QED) is 0.267. The molecule has 0 aliphatic carbocycles. The Labute approximate surface area is 253 Å². The van der Waals surface area contributed by atoms with Crippen molar-refractivity contribution in [1.82, 2.24) is 18.7 Å². The predicted octanol–water partition coefficient (Wildman–Crippen LogP) is 5.71. The zero-order chi connectivity index (χ0) is 31.9. The van der Waals surface area contributed by atoms with Gasteiger partial charge in [0.25, 0.3) is 6.43 Å². The van der Waals surface area contributed by atoms with Crippen molar-refractivity contribution < 1.29 is 23.4 Å². The third kappa shape index (κ3) is 4.70. The second-order valence-electron chi connectivity index (χ2n) is 12.9. The van der Waals surface area contributed by atoms with Gasteiger partial charge < -0.3 is 19.5 Å². The first-order valence-corrected chi connectivity index (χ1v) is 14.4. The average Bonchev–Trinajstić information content (AvgIpc) is 3.45. The Hall–Kier alpha value is -4.38. The number of halogens is 2.